The molecule has 2 fully saturated rings. The number of nitrogens with one attached hydrogen (secondary N) is 1. The lowest BCUT2D eigenvalue weighted by Gasteiger charge is -2.31. The molecular weight excluding hydrogens is 260 g/mol. The summed E-state index contributed by atoms with van der Waals surface area (Å²) in [5.74, 6) is 1.97. The fraction of sp³-hybridized carbons (Fsp3) is 0.667. The van der Waals surface area contributed by atoms with Gasteiger partial charge in [0, 0.05) is 19.1 Å². The van der Waals surface area contributed by atoms with Crippen molar-refractivity contribution in [2.45, 2.75) is 44.7 Å². The number of likely N-dealkylation sites (tertiary alicyclic amines) is 1. The molecule has 3 nitrogen and oxygen atoms in total. The van der Waals surface area contributed by atoms with Gasteiger partial charge < -0.3 is 10.1 Å². The minimum atomic E-state index is 0.814. The molecule has 116 valence electrons. The summed E-state index contributed by atoms with van der Waals surface area (Å²) in [5.41, 5.74) is 1.30. The molecule has 2 atom stereocenters. The maximum atomic E-state index is 5.92. The molecular formula is C18H28N2O. The second kappa shape index (κ2) is 7.28. The van der Waals surface area contributed by atoms with E-state index < -0.39 is 0 Å². The highest BCUT2D eigenvalue weighted by atomic mass is 16.5. The average molecular weight is 288 g/mol. The van der Waals surface area contributed by atoms with Crippen LogP contribution in [0, 0.1) is 5.92 Å². The van der Waals surface area contributed by atoms with Crippen LogP contribution < -0.4 is 10.1 Å². The van der Waals surface area contributed by atoms with Crippen LogP contribution in [0.3, 0.4) is 0 Å². The molecule has 1 heterocycles. The summed E-state index contributed by atoms with van der Waals surface area (Å²) in [4.78, 5) is 2.67. The summed E-state index contributed by atoms with van der Waals surface area (Å²) in [6.45, 7) is 4.09. The van der Waals surface area contributed by atoms with Crippen molar-refractivity contribution in [2.75, 3.05) is 26.7 Å². The van der Waals surface area contributed by atoms with Crippen molar-refractivity contribution >= 4 is 0 Å². The highest BCUT2D eigenvalue weighted by molar-refractivity contribution is 5.27. The second-order valence-corrected chi connectivity index (χ2v) is 6.46. The fourth-order valence-electron chi connectivity index (χ4n) is 3.97. The molecule has 1 aliphatic carbocycles. The van der Waals surface area contributed by atoms with Gasteiger partial charge in [-0.25, -0.2) is 0 Å². The zero-order chi connectivity index (χ0) is 14.5. The molecule has 1 aromatic rings. The van der Waals surface area contributed by atoms with Gasteiger partial charge >= 0.3 is 0 Å². The van der Waals surface area contributed by atoms with Gasteiger partial charge in [0.25, 0.3) is 0 Å². The molecule has 1 aromatic carbocycles. The van der Waals surface area contributed by atoms with Gasteiger partial charge in [0.05, 0.1) is 0 Å². The molecule has 1 N–H and O–H groups in total. The topological polar surface area (TPSA) is 24.5 Å². The van der Waals surface area contributed by atoms with E-state index in [1.165, 1.54) is 44.2 Å². The minimum Gasteiger partial charge on any atom is -0.492 e. The van der Waals surface area contributed by atoms with Gasteiger partial charge in [0.1, 0.15) is 12.4 Å². The molecule has 1 aliphatic heterocycles. The summed E-state index contributed by atoms with van der Waals surface area (Å²) >= 11 is 0. The van der Waals surface area contributed by atoms with Crippen LogP contribution in [0.4, 0.5) is 0 Å². The molecule has 0 radical (unpaired) electrons. The number of benzene rings is 1. The van der Waals surface area contributed by atoms with Gasteiger partial charge in [-0.3, -0.25) is 4.90 Å². The molecule has 0 bridgehead atoms. The van der Waals surface area contributed by atoms with Crippen molar-refractivity contribution in [3.63, 3.8) is 0 Å². The summed E-state index contributed by atoms with van der Waals surface area (Å²) < 4.78 is 5.92. The molecule has 3 rings (SSSR count). The SMILES string of the molecule is CNCc1ccc(OCCN2CCC3CCCCC32)cc1. The van der Waals surface area contributed by atoms with E-state index in [-0.39, 0.29) is 0 Å². The Morgan fingerprint density at radius 3 is 2.76 bits per heavy atom. The van der Waals surface area contributed by atoms with E-state index in [4.69, 9.17) is 4.74 Å². The van der Waals surface area contributed by atoms with E-state index >= 15 is 0 Å². The quantitative estimate of drug-likeness (QED) is 0.871. The van der Waals surface area contributed by atoms with Crippen molar-refractivity contribution in [1.29, 1.82) is 0 Å². The third-order valence-corrected chi connectivity index (χ3v) is 5.08. The highest BCUT2D eigenvalue weighted by Crippen LogP contribution is 2.35. The Morgan fingerprint density at radius 2 is 1.95 bits per heavy atom. The smallest absolute Gasteiger partial charge is 0.119 e. The Kier molecular flexibility index (Phi) is 5.15. The molecule has 0 aromatic heterocycles. The lowest BCUT2D eigenvalue weighted by molar-refractivity contribution is 0.154. The standard InChI is InChI=1S/C18H28N2O/c1-19-14-15-6-8-17(9-7-15)21-13-12-20-11-10-16-4-2-3-5-18(16)20/h6-9,16,18-19H,2-5,10-14H2,1H3. The van der Waals surface area contributed by atoms with Gasteiger partial charge in [-0.2, -0.15) is 0 Å². The summed E-state index contributed by atoms with van der Waals surface area (Å²) in [6.07, 6.45) is 7.14. The van der Waals surface area contributed by atoms with Crippen LogP contribution in [0.25, 0.3) is 0 Å². The maximum absolute atomic E-state index is 5.92. The van der Waals surface area contributed by atoms with Crippen molar-refractivity contribution in [3.05, 3.63) is 29.8 Å². The number of ether oxygens (including phenoxy) is 1. The third-order valence-electron chi connectivity index (χ3n) is 5.08. The van der Waals surface area contributed by atoms with E-state index in [2.05, 4.69) is 34.5 Å². The van der Waals surface area contributed by atoms with Crippen LogP contribution in [0.15, 0.2) is 24.3 Å². The van der Waals surface area contributed by atoms with Gasteiger partial charge in [-0.15, -0.1) is 0 Å². The summed E-state index contributed by atoms with van der Waals surface area (Å²) in [6, 6.07) is 9.29. The highest BCUT2D eigenvalue weighted by Gasteiger charge is 2.35. The van der Waals surface area contributed by atoms with Crippen LogP contribution in [0.5, 0.6) is 5.75 Å². The van der Waals surface area contributed by atoms with Crippen LogP contribution in [0.2, 0.25) is 0 Å². The lowest BCUT2D eigenvalue weighted by atomic mass is 9.85. The van der Waals surface area contributed by atoms with E-state index in [1.807, 2.05) is 7.05 Å². The molecule has 21 heavy (non-hydrogen) atoms. The molecule has 2 unspecified atom stereocenters. The minimum absolute atomic E-state index is 0.814. The zero-order valence-corrected chi connectivity index (χ0v) is 13.2. The van der Waals surface area contributed by atoms with Crippen LogP contribution in [-0.4, -0.2) is 37.7 Å². The van der Waals surface area contributed by atoms with Crippen molar-refractivity contribution in [1.82, 2.24) is 10.2 Å². The van der Waals surface area contributed by atoms with Crippen molar-refractivity contribution in [2.24, 2.45) is 5.92 Å². The predicted octanol–water partition coefficient (Wildman–Crippen LogP) is 3.05. The Balaban J connectivity index is 1.43. The third kappa shape index (κ3) is 3.78. The number of fused-ring (bicyclic) bond motifs is 1. The normalized spacial score (nSPS) is 25.8. The lowest BCUT2D eigenvalue weighted by Crippen LogP contribution is -2.37. The van der Waals surface area contributed by atoms with Crippen LogP contribution in [0.1, 0.15) is 37.7 Å². The fourth-order valence-corrected chi connectivity index (χ4v) is 3.97. The first-order valence-corrected chi connectivity index (χ1v) is 8.47. The van der Waals surface area contributed by atoms with E-state index in [1.54, 1.807) is 0 Å². The van der Waals surface area contributed by atoms with Crippen molar-refractivity contribution in [3.8, 4) is 5.75 Å². The van der Waals surface area contributed by atoms with E-state index in [9.17, 15) is 0 Å². The molecule has 0 amide bonds. The van der Waals surface area contributed by atoms with E-state index in [0.717, 1.165) is 37.4 Å². The van der Waals surface area contributed by atoms with Gasteiger partial charge in [-0.1, -0.05) is 25.0 Å². The summed E-state index contributed by atoms with van der Waals surface area (Å²) in [5, 5.41) is 3.16. The first kappa shape index (κ1) is 14.9. The molecule has 3 heteroatoms. The Bertz CT molecular complexity index is 431. The van der Waals surface area contributed by atoms with Gasteiger partial charge in [0.15, 0.2) is 0 Å². The molecule has 0 spiro atoms. The van der Waals surface area contributed by atoms with Crippen molar-refractivity contribution < 1.29 is 4.74 Å². The monoisotopic (exact) mass is 288 g/mol. The van der Waals surface area contributed by atoms with Crippen LogP contribution in [-0.2, 0) is 6.54 Å². The first-order chi connectivity index (χ1) is 10.4. The first-order valence-electron chi connectivity index (χ1n) is 8.47. The Hall–Kier alpha value is -1.06. The maximum Gasteiger partial charge on any atom is 0.119 e. The van der Waals surface area contributed by atoms with E-state index in [0.29, 0.717) is 0 Å². The number of rotatable bonds is 6. The van der Waals surface area contributed by atoms with Gasteiger partial charge in [-0.05, 0) is 56.5 Å². The van der Waals surface area contributed by atoms with Gasteiger partial charge in [0.2, 0.25) is 0 Å². The molecule has 2 aliphatic rings. The Morgan fingerprint density at radius 1 is 1.14 bits per heavy atom. The molecule has 1 saturated heterocycles. The van der Waals surface area contributed by atoms with Crippen LogP contribution >= 0.6 is 0 Å². The summed E-state index contributed by atoms with van der Waals surface area (Å²) in [7, 11) is 1.97. The molecule has 1 saturated carbocycles. The second-order valence-electron chi connectivity index (χ2n) is 6.46. The zero-order valence-electron chi connectivity index (χ0n) is 13.2. The number of hydrogen-bond donors (Lipinski definition) is 1. The number of hydrogen-bond acceptors (Lipinski definition) is 3. The average Bonchev–Trinajstić information content (AvgIpc) is 2.93. The predicted molar refractivity (Wildman–Crippen MR) is 86.6 cm³/mol. The number of nitrogens with zero attached hydrogens (tertiary/aromatic N) is 1. The Labute approximate surface area is 128 Å². The largest absolute Gasteiger partial charge is 0.492 e.